The lowest BCUT2D eigenvalue weighted by molar-refractivity contribution is -0.120. The third-order valence-corrected chi connectivity index (χ3v) is 5.27. The molecule has 0 spiro atoms. The summed E-state index contributed by atoms with van der Waals surface area (Å²) >= 11 is 0. The molecule has 2 rings (SSSR count). The first-order chi connectivity index (χ1) is 7.39. The summed E-state index contributed by atoms with van der Waals surface area (Å²) in [5, 5.41) is 3.00. The van der Waals surface area contributed by atoms with Crippen LogP contribution in [0.3, 0.4) is 0 Å². The van der Waals surface area contributed by atoms with E-state index in [4.69, 9.17) is 4.74 Å². The van der Waals surface area contributed by atoms with Gasteiger partial charge in [0.05, 0.1) is 17.0 Å². The average Bonchev–Trinajstić information content (AvgIpc) is 2.14. The second-order valence-electron chi connectivity index (χ2n) is 5.41. The van der Waals surface area contributed by atoms with Gasteiger partial charge in [-0.1, -0.05) is 0 Å². The Morgan fingerprint density at radius 1 is 1.31 bits per heavy atom. The summed E-state index contributed by atoms with van der Waals surface area (Å²) in [6, 6.07) is 0. The van der Waals surface area contributed by atoms with Crippen molar-refractivity contribution in [2.75, 3.05) is 19.3 Å². The molecule has 1 aliphatic carbocycles. The fourth-order valence-electron chi connectivity index (χ4n) is 2.56. The van der Waals surface area contributed by atoms with Crippen LogP contribution in [0.1, 0.15) is 32.6 Å². The van der Waals surface area contributed by atoms with Crippen LogP contribution in [0, 0.1) is 0 Å². The van der Waals surface area contributed by atoms with Crippen LogP contribution < -0.4 is 5.32 Å². The first-order valence-corrected chi connectivity index (χ1v) is 7.92. The molecular formula is C11H21NO3S. The van der Waals surface area contributed by atoms with Gasteiger partial charge in [-0.3, -0.25) is 0 Å². The van der Waals surface area contributed by atoms with E-state index in [1.165, 1.54) is 6.26 Å². The molecule has 0 amide bonds. The average molecular weight is 247 g/mol. The van der Waals surface area contributed by atoms with Crippen LogP contribution in [0.15, 0.2) is 0 Å². The Morgan fingerprint density at radius 3 is 2.50 bits per heavy atom. The zero-order chi connectivity index (χ0) is 11.8. The van der Waals surface area contributed by atoms with E-state index in [9.17, 15) is 8.42 Å². The molecule has 0 aromatic carbocycles. The molecular weight excluding hydrogens is 226 g/mol. The number of hydrogen-bond donors (Lipinski definition) is 1. The minimum atomic E-state index is -2.90. The first kappa shape index (κ1) is 12.3. The predicted octanol–water partition coefficient (Wildman–Crippen LogP) is 0.721. The molecule has 1 heterocycles. The summed E-state index contributed by atoms with van der Waals surface area (Å²) in [6.45, 7) is 3.85. The van der Waals surface area contributed by atoms with Crippen molar-refractivity contribution in [2.24, 2.45) is 0 Å². The molecule has 2 unspecified atom stereocenters. The van der Waals surface area contributed by atoms with Crippen molar-refractivity contribution in [3.8, 4) is 0 Å². The summed E-state index contributed by atoms with van der Waals surface area (Å²) in [7, 11) is -2.90. The maximum absolute atomic E-state index is 11.5. The minimum absolute atomic E-state index is 0.0654. The van der Waals surface area contributed by atoms with E-state index in [-0.39, 0.29) is 17.0 Å². The summed E-state index contributed by atoms with van der Waals surface area (Å²) in [6.07, 6.45) is 4.91. The van der Waals surface area contributed by atoms with E-state index in [0.717, 1.165) is 32.4 Å². The summed E-state index contributed by atoms with van der Waals surface area (Å²) < 4.78 is 29.0. The molecule has 0 radical (unpaired) electrons. The summed E-state index contributed by atoms with van der Waals surface area (Å²) in [5.74, 6) is 0. The van der Waals surface area contributed by atoms with Gasteiger partial charge in [-0.05, 0) is 32.6 Å². The predicted molar refractivity (Wildman–Crippen MR) is 63.2 cm³/mol. The third-order valence-electron chi connectivity index (χ3n) is 3.63. The van der Waals surface area contributed by atoms with Gasteiger partial charge < -0.3 is 10.1 Å². The largest absolute Gasteiger partial charge is 0.369 e. The lowest BCUT2D eigenvalue weighted by Crippen LogP contribution is -2.60. The second kappa shape index (κ2) is 4.27. The Kier molecular flexibility index (Phi) is 3.29. The van der Waals surface area contributed by atoms with Crippen molar-refractivity contribution in [2.45, 2.75) is 49.6 Å². The molecule has 4 nitrogen and oxygen atoms in total. The van der Waals surface area contributed by atoms with Crippen molar-refractivity contribution in [1.29, 1.82) is 0 Å². The molecule has 2 atom stereocenters. The molecule has 0 aromatic rings. The topological polar surface area (TPSA) is 55.4 Å². The van der Waals surface area contributed by atoms with E-state index >= 15 is 0 Å². The normalized spacial score (nSPS) is 34.4. The molecule has 0 aromatic heterocycles. The maximum Gasteiger partial charge on any atom is 0.150 e. The molecule has 16 heavy (non-hydrogen) atoms. The van der Waals surface area contributed by atoms with Gasteiger partial charge >= 0.3 is 0 Å². The van der Waals surface area contributed by atoms with E-state index < -0.39 is 9.84 Å². The van der Waals surface area contributed by atoms with Crippen molar-refractivity contribution in [3.05, 3.63) is 0 Å². The van der Waals surface area contributed by atoms with Crippen molar-refractivity contribution < 1.29 is 13.2 Å². The molecule has 1 N–H and O–H groups in total. The second-order valence-corrected chi connectivity index (χ2v) is 7.74. The standard InChI is InChI=1S/C11H21NO3S/c1-11(7-12-8-11)15-9-4-3-5-10(6-9)16(2,13)14/h9-10,12H,3-8H2,1-2H3. The number of hydrogen-bond acceptors (Lipinski definition) is 4. The molecule has 2 fully saturated rings. The minimum Gasteiger partial charge on any atom is -0.369 e. The number of sulfone groups is 1. The zero-order valence-electron chi connectivity index (χ0n) is 10.0. The van der Waals surface area contributed by atoms with Gasteiger partial charge in [-0.25, -0.2) is 8.42 Å². The van der Waals surface area contributed by atoms with Crippen LogP contribution in [-0.2, 0) is 14.6 Å². The first-order valence-electron chi connectivity index (χ1n) is 5.96. The van der Waals surface area contributed by atoms with Crippen LogP contribution in [0.5, 0.6) is 0 Å². The number of rotatable bonds is 3. The van der Waals surface area contributed by atoms with E-state index in [1.807, 2.05) is 0 Å². The third kappa shape index (κ3) is 2.76. The zero-order valence-corrected chi connectivity index (χ0v) is 10.8. The van der Waals surface area contributed by atoms with Gasteiger partial charge in [0, 0.05) is 19.3 Å². The highest BCUT2D eigenvalue weighted by Gasteiger charge is 2.38. The fraction of sp³-hybridized carbons (Fsp3) is 1.00. The Balaban J connectivity index is 1.92. The lowest BCUT2D eigenvalue weighted by atomic mass is 9.94. The highest BCUT2D eigenvalue weighted by molar-refractivity contribution is 7.91. The van der Waals surface area contributed by atoms with Gasteiger partial charge in [-0.2, -0.15) is 0 Å². The Labute approximate surface area is 97.7 Å². The van der Waals surface area contributed by atoms with E-state index in [2.05, 4.69) is 12.2 Å². The van der Waals surface area contributed by atoms with Gasteiger partial charge in [0.25, 0.3) is 0 Å². The molecule has 1 aliphatic heterocycles. The molecule has 0 bridgehead atoms. The van der Waals surface area contributed by atoms with Gasteiger partial charge in [0.1, 0.15) is 9.84 Å². The van der Waals surface area contributed by atoms with Crippen molar-refractivity contribution in [3.63, 3.8) is 0 Å². The molecule has 94 valence electrons. The Hall–Kier alpha value is -0.130. The summed E-state index contributed by atoms with van der Waals surface area (Å²) in [5.41, 5.74) is -0.0654. The Bertz CT molecular complexity index is 348. The number of ether oxygens (including phenoxy) is 1. The van der Waals surface area contributed by atoms with Gasteiger partial charge in [0.2, 0.25) is 0 Å². The van der Waals surface area contributed by atoms with Crippen LogP contribution in [-0.4, -0.2) is 44.7 Å². The van der Waals surface area contributed by atoms with Gasteiger partial charge in [0.15, 0.2) is 0 Å². The van der Waals surface area contributed by atoms with Gasteiger partial charge in [-0.15, -0.1) is 0 Å². The van der Waals surface area contributed by atoms with Crippen molar-refractivity contribution >= 4 is 9.84 Å². The van der Waals surface area contributed by atoms with Crippen LogP contribution >= 0.6 is 0 Å². The van der Waals surface area contributed by atoms with Crippen molar-refractivity contribution in [1.82, 2.24) is 5.32 Å². The molecule has 1 saturated heterocycles. The monoisotopic (exact) mass is 247 g/mol. The smallest absolute Gasteiger partial charge is 0.150 e. The van der Waals surface area contributed by atoms with Crippen LogP contribution in [0.2, 0.25) is 0 Å². The molecule has 5 heteroatoms. The lowest BCUT2D eigenvalue weighted by Gasteiger charge is -2.43. The summed E-state index contributed by atoms with van der Waals surface area (Å²) in [4.78, 5) is 0. The highest BCUT2D eigenvalue weighted by Crippen LogP contribution is 2.30. The highest BCUT2D eigenvalue weighted by atomic mass is 32.2. The Morgan fingerprint density at radius 2 is 2.00 bits per heavy atom. The quantitative estimate of drug-likeness (QED) is 0.798. The van der Waals surface area contributed by atoms with E-state index in [1.54, 1.807) is 0 Å². The van der Waals surface area contributed by atoms with Crippen LogP contribution in [0.4, 0.5) is 0 Å². The molecule has 1 saturated carbocycles. The molecule has 2 aliphatic rings. The van der Waals surface area contributed by atoms with Crippen LogP contribution in [0.25, 0.3) is 0 Å². The maximum atomic E-state index is 11.5. The SMILES string of the molecule is CC1(OC2CCCC(S(C)(=O)=O)C2)CNC1. The number of nitrogens with one attached hydrogen (secondary N) is 1. The fourth-order valence-corrected chi connectivity index (χ4v) is 3.72. The van der Waals surface area contributed by atoms with E-state index in [0.29, 0.717) is 6.42 Å².